The number of methoxy groups -OCH3 is 1. The Hall–Kier alpha value is -3.86. The Labute approximate surface area is 149 Å². The second-order valence-electron chi connectivity index (χ2n) is 5.22. The summed E-state index contributed by atoms with van der Waals surface area (Å²) in [6.45, 7) is 1.89. The summed E-state index contributed by atoms with van der Waals surface area (Å²) in [5, 5.41) is 25.5. The summed E-state index contributed by atoms with van der Waals surface area (Å²) >= 11 is 0. The average molecular weight is 352 g/mol. The number of carbonyl (C=O) groups is 1. The number of aryl methyl sites for hydroxylation is 1. The largest absolute Gasteiger partial charge is 0.494 e. The van der Waals surface area contributed by atoms with Crippen molar-refractivity contribution in [3.63, 3.8) is 0 Å². The van der Waals surface area contributed by atoms with Crippen LogP contribution in [0.25, 0.3) is 0 Å². The minimum absolute atomic E-state index is 0.122. The van der Waals surface area contributed by atoms with E-state index in [4.69, 9.17) is 4.74 Å². The Balaban J connectivity index is 2.19. The third-order valence-corrected chi connectivity index (χ3v) is 3.53. The Morgan fingerprint density at radius 2 is 2.00 bits per heavy atom. The number of para-hydroxylation sites is 1. The zero-order valence-corrected chi connectivity index (χ0v) is 14.1. The molecule has 26 heavy (non-hydrogen) atoms. The molecular weight excluding hydrogens is 336 g/mol. The van der Waals surface area contributed by atoms with Crippen molar-refractivity contribution in [3.05, 3.63) is 69.9 Å². The van der Waals surface area contributed by atoms with E-state index in [1.165, 1.54) is 31.5 Å². The molecule has 0 atom stereocenters. The predicted octanol–water partition coefficient (Wildman–Crippen LogP) is 3.37. The number of nitro groups is 1. The maximum absolute atomic E-state index is 12.3. The van der Waals surface area contributed by atoms with E-state index in [1.807, 2.05) is 37.3 Å². The molecule has 8 nitrogen and oxygen atoms in total. The van der Waals surface area contributed by atoms with Gasteiger partial charge in [0.2, 0.25) is 0 Å². The van der Waals surface area contributed by atoms with E-state index in [-0.39, 0.29) is 22.7 Å². The predicted molar refractivity (Wildman–Crippen MR) is 96.8 cm³/mol. The fourth-order valence-corrected chi connectivity index (χ4v) is 2.12. The number of benzene rings is 2. The van der Waals surface area contributed by atoms with Crippen LogP contribution < -0.4 is 15.4 Å². The van der Waals surface area contributed by atoms with Gasteiger partial charge in [-0.15, -0.1) is 0 Å². The van der Waals surface area contributed by atoms with Gasteiger partial charge in [0.25, 0.3) is 11.6 Å². The fourth-order valence-electron chi connectivity index (χ4n) is 2.12. The van der Waals surface area contributed by atoms with E-state index in [1.54, 1.807) is 0 Å². The van der Waals surface area contributed by atoms with Gasteiger partial charge in [0, 0.05) is 18.0 Å². The van der Waals surface area contributed by atoms with Gasteiger partial charge in [-0.1, -0.05) is 18.2 Å². The number of nitriles is 1. The maximum atomic E-state index is 12.3. The molecule has 0 aliphatic heterocycles. The molecule has 0 aromatic heterocycles. The molecule has 1 amide bonds. The van der Waals surface area contributed by atoms with E-state index >= 15 is 0 Å². The number of rotatable bonds is 6. The number of nitrogens with one attached hydrogen (secondary N) is 2. The molecule has 2 N–H and O–H groups in total. The van der Waals surface area contributed by atoms with E-state index < -0.39 is 10.8 Å². The smallest absolute Gasteiger partial charge is 0.273 e. The molecule has 132 valence electrons. The molecule has 0 unspecified atom stereocenters. The molecule has 0 fully saturated rings. The minimum Gasteiger partial charge on any atom is -0.494 e. The number of hydrogen-bond donors (Lipinski definition) is 2. The highest BCUT2D eigenvalue weighted by molar-refractivity contribution is 6.07. The third-order valence-electron chi connectivity index (χ3n) is 3.53. The molecule has 0 aliphatic rings. The third kappa shape index (κ3) is 4.36. The number of amides is 1. The standard InChI is InChI=1S/C18H16N4O4/c1-12-5-3-4-6-15(12)20-11-13(10-19)18(23)21-16-8-7-14(22(24)25)9-17(16)26-2/h3-9,11,20H,1-2H3,(H,21,23)/b13-11-. The van der Waals surface area contributed by atoms with Crippen molar-refractivity contribution in [2.45, 2.75) is 6.92 Å². The van der Waals surface area contributed by atoms with Gasteiger partial charge in [-0.2, -0.15) is 5.26 Å². The van der Waals surface area contributed by atoms with Crippen molar-refractivity contribution in [1.29, 1.82) is 5.26 Å². The minimum atomic E-state index is -0.666. The summed E-state index contributed by atoms with van der Waals surface area (Å²) in [6.07, 6.45) is 1.30. The van der Waals surface area contributed by atoms with Gasteiger partial charge < -0.3 is 15.4 Å². The molecule has 0 saturated carbocycles. The molecule has 0 saturated heterocycles. The zero-order chi connectivity index (χ0) is 19.1. The van der Waals surface area contributed by atoms with Crippen LogP contribution in [0.1, 0.15) is 5.56 Å². The quantitative estimate of drug-likeness (QED) is 0.356. The SMILES string of the molecule is COc1cc([N+](=O)[O-])ccc1NC(=O)/C(C#N)=C\Nc1ccccc1C. The van der Waals surface area contributed by atoms with Gasteiger partial charge in [-0.05, 0) is 24.6 Å². The second-order valence-corrected chi connectivity index (χ2v) is 5.22. The Kier molecular flexibility index (Phi) is 5.90. The average Bonchev–Trinajstić information content (AvgIpc) is 2.63. The zero-order valence-electron chi connectivity index (χ0n) is 14.1. The number of hydrogen-bond acceptors (Lipinski definition) is 6. The van der Waals surface area contributed by atoms with Gasteiger partial charge in [0.05, 0.1) is 23.8 Å². The van der Waals surface area contributed by atoms with Crippen LogP contribution in [-0.2, 0) is 4.79 Å². The summed E-state index contributed by atoms with van der Waals surface area (Å²) < 4.78 is 5.06. The first-order valence-electron chi connectivity index (χ1n) is 7.52. The van der Waals surface area contributed by atoms with Crippen molar-refractivity contribution in [2.75, 3.05) is 17.7 Å². The molecule has 2 rings (SSSR count). The van der Waals surface area contributed by atoms with Crippen molar-refractivity contribution < 1.29 is 14.5 Å². The molecular formula is C18H16N4O4. The molecule has 2 aromatic rings. The van der Waals surface area contributed by atoms with Gasteiger partial charge in [0.15, 0.2) is 0 Å². The van der Waals surface area contributed by atoms with Crippen molar-refractivity contribution in [2.24, 2.45) is 0 Å². The van der Waals surface area contributed by atoms with Crippen molar-refractivity contribution in [1.82, 2.24) is 0 Å². The molecule has 0 bridgehead atoms. The maximum Gasteiger partial charge on any atom is 0.273 e. The highest BCUT2D eigenvalue weighted by atomic mass is 16.6. The van der Waals surface area contributed by atoms with Crippen LogP contribution >= 0.6 is 0 Å². The van der Waals surface area contributed by atoms with E-state index in [0.717, 1.165) is 11.3 Å². The van der Waals surface area contributed by atoms with Crippen LogP contribution in [0.2, 0.25) is 0 Å². The lowest BCUT2D eigenvalue weighted by Gasteiger charge is -2.10. The van der Waals surface area contributed by atoms with Crippen LogP contribution in [-0.4, -0.2) is 17.9 Å². The number of nitrogens with zero attached hydrogens (tertiary/aromatic N) is 2. The highest BCUT2D eigenvalue weighted by Crippen LogP contribution is 2.29. The van der Waals surface area contributed by atoms with E-state index in [0.29, 0.717) is 0 Å². The highest BCUT2D eigenvalue weighted by Gasteiger charge is 2.15. The van der Waals surface area contributed by atoms with Gasteiger partial charge >= 0.3 is 0 Å². The van der Waals surface area contributed by atoms with Gasteiger partial charge in [-0.25, -0.2) is 0 Å². The lowest BCUT2D eigenvalue weighted by atomic mass is 10.2. The Bertz CT molecular complexity index is 916. The number of carbonyl (C=O) groups excluding carboxylic acids is 1. The van der Waals surface area contributed by atoms with Gasteiger partial charge in [-0.3, -0.25) is 14.9 Å². The van der Waals surface area contributed by atoms with Crippen LogP contribution in [0.4, 0.5) is 17.1 Å². The van der Waals surface area contributed by atoms with E-state index in [9.17, 15) is 20.2 Å². The summed E-state index contributed by atoms with van der Waals surface area (Å²) in [6, 6.07) is 13.0. The monoisotopic (exact) mass is 352 g/mol. The van der Waals surface area contributed by atoms with Crippen LogP contribution in [0.5, 0.6) is 5.75 Å². The lowest BCUT2D eigenvalue weighted by Crippen LogP contribution is -2.15. The molecule has 0 aliphatic carbocycles. The van der Waals surface area contributed by atoms with Crippen molar-refractivity contribution >= 4 is 23.0 Å². The van der Waals surface area contributed by atoms with E-state index in [2.05, 4.69) is 10.6 Å². The lowest BCUT2D eigenvalue weighted by molar-refractivity contribution is -0.384. The normalized spacial score (nSPS) is 10.6. The molecule has 0 spiro atoms. The molecule has 0 radical (unpaired) electrons. The number of ether oxygens (including phenoxy) is 1. The fraction of sp³-hybridized carbons (Fsp3) is 0.111. The topological polar surface area (TPSA) is 117 Å². The summed E-state index contributed by atoms with van der Waals surface area (Å²) in [5.41, 5.74) is 1.62. The first kappa shape index (κ1) is 18.5. The van der Waals surface area contributed by atoms with Crippen LogP contribution in [0, 0.1) is 28.4 Å². The first-order chi connectivity index (χ1) is 12.5. The van der Waals surface area contributed by atoms with Gasteiger partial charge in [0.1, 0.15) is 17.4 Å². The Morgan fingerprint density at radius 3 is 2.62 bits per heavy atom. The number of anilines is 2. The Morgan fingerprint density at radius 1 is 1.27 bits per heavy atom. The summed E-state index contributed by atoms with van der Waals surface area (Å²) in [4.78, 5) is 22.5. The van der Waals surface area contributed by atoms with Crippen molar-refractivity contribution in [3.8, 4) is 11.8 Å². The molecule has 8 heteroatoms. The van der Waals surface area contributed by atoms with Crippen LogP contribution in [0.3, 0.4) is 0 Å². The number of non-ortho nitro benzene ring substituents is 1. The second kappa shape index (κ2) is 8.30. The molecule has 0 heterocycles. The summed E-state index contributed by atoms with van der Waals surface area (Å²) in [5.74, 6) is -0.544. The number of nitro benzene ring substituents is 1. The molecule has 2 aromatic carbocycles. The first-order valence-corrected chi connectivity index (χ1v) is 7.52. The van der Waals surface area contributed by atoms with Crippen LogP contribution in [0.15, 0.2) is 54.2 Å². The summed E-state index contributed by atoms with van der Waals surface area (Å²) in [7, 11) is 1.33.